The van der Waals surface area contributed by atoms with Crippen molar-refractivity contribution in [3.05, 3.63) is 59.7 Å². The number of nitrogens with one attached hydrogen (secondary N) is 4. The number of benzene rings is 2. The van der Waals surface area contributed by atoms with E-state index >= 15 is 0 Å². The molecular formula is C24H30N4O4. The van der Waals surface area contributed by atoms with E-state index in [0.717, 1.165) is 0 Å². The SMILES string of the molecule is CCNC(=O)c1ccccc1NC(=O)CCCCC(=O)Nc1ccccc1C(=O)NCC. The molecule has 32 heavy (non-hydrogen) atoms. The minimum Gasteiger partial charge on any atom is -0.352 e. The molecular weight excluding hydrogens is 408 g/mol. The first kappa shape index (κ1) is 24.6. The molecule has 0 saturated heterocycles. The molecule has 0 radical (unpaired) electrons. The average molecular weight is 439 g/mol. The maximum atomic E-state index is 12.3. The lowest BCUT2D eigenvalue weighted by atomic mass is 10.1. The topological polar surface area (TPSA) is 116 Å². The molecule has 0 saturated carbocycles. The molecule has 0 bridgehead atoms. The summed E-state index contributed by atoms with van der Waals surface area (Å²) in [5, 5.41) is 11.0. The molecule has 4 amide bonds. The van der Waals surface area contributed by atoms with Crippen molar-refractivity contribution in [2.45, 2.75) is 39.5 Å². The smallest absolute Gasteiger partial charge is 0.253 e. The van der Waals surface area contributed by atoms with Crippen molar-refractivity contribution >= 4 is 35.0 Å². The van der Waals surface area contributed by atoms with Crippen molar-refractivity contribution in [1.82, 2.24) is 10.6 Å². The minimum absolute atomic E-state index is 0.219. The van der Waals surface area contributed by atoms with Crippen LogP contribution in [0.25, 0.3) is 0 Å². The molecule has 0 aromatic heterocycles. The second-order valence-electron chi connectivity index (χ2n) is 7.11. The Labute approximate surface area is 188 Å². The number of hydrogen-bond donors (Lipinski definition) is 4. The quantitative estimate of drug-likeness (QED) is 0.403. The molecule has 0 aliphatic carbocycles. The number of amides is 4. The molecule has 8 heteroatoms. The molecule has 0 unspecified atom stereocenters. The van der Waals surface area contributed by atoms with Gasteiger partial charge in [-0.3, -0.25) is 19.2 Å². The zero-order chi connectivity index (χ0) is 23.3. The van der Waals surface area contributed by atoms with Gasteiger partial charge >= 0.3 is 0 Å². The number of hydrogen-bond acceptors (Lipinski definition) is 4. The summed E-state index contributed by atoms with van der Waals surface area (Å²) in [5.41, 5.74) is 1.74. The van der Waals surface area contributed by atoms with Gasteiger partial charge in [0.2, 0.25) is 11.8 Å². The van der Waals surface area contributed by atoms with Gasteiger partial charge < -0.3 is 21.3 Å². The van der Waals surface area contributed by atoms with E-state index in [2.05, 4.69) is 21.3 Å². The van der Waals surface area contributed by atoms with Gasteiger partial charge in [0, 0.05) is 25.9 Å². The van der Waals surface area contributed by atoms with Crippen LogP contribution in [0, 0.1) is 0 Å². The largest absolute Gasteiger partial charge is 0.352 e. The Kier molecular flexibility index (Phi) is 9.90. The Morgan fingerprint density at radius 2 is 1.00 bits per heavy atom. The first-order valence-corrected chi connectivity index (χ1v) is 10.8. The van der Waals surface area contributed by atoms with Crippen LogP contribution in [0.5, 0.6) is 0 Å². The normalized spacial score (nSPS) is 10.2. The summed E-state index contributed by atoms with van der Waals surface area (Å²) in [6.07, 6.45) is 1.49. The minimum atomic E-state index is -0.243. The van der Waals surface area contributed by atoms with Crippen LogP contribution < -0.4 is 21.3 Å². The number of carbonyl (C=O) groups is 4. The fourth-order valence-electron chi connectivity index (χ4n) is 3.09. The third kappa shape index (κ3) is 7.54. The third-order valence-electron chi connectivity index (χ3n) is 4.62. The maximum absolute atomic E-state index is 12.3. The van der Waals surface area contributed by atoms with Crippen LogP contribution in [0.1, 0.15) is 60.2 Å². The van der Waals surface area contributed by atoms with Crippen LogP contribution in [0.4, 0.5) is 11.4 Å². The lowest BCUT2D eigenvalue weighted by Crippen LogP contribution is -2.25. The maximum Gasteiger partial charge on any atom is 0.253 e. The van der Waals surface area contributed by atoms with Gasteiger partial charge in [-0.1, -0.05) is 24.3 Å². The summed E-state index contributed by atoms with van der Waals surface area (Å²) in [6, 6.07) is 13.7. The van der Waals surface area contributed by atoms with E-state index in [1.165, 1.54) is 0 Å². The van der Waals surface area contributed by atoms with E-state index < -0.39 is 0 Å². The van der Waals surface area contributed by atoms with E-state index in [9.17, 15) is 19.2 Å². The first-order chi connectivity index (χ1) is 15.5. The number of anilines is 2. The van der Waals surface area contributed by atoms with Crippen molar-refractivity contribution in [2.75, 3.05) is 23.7 Å². The zero-order valence-electron chi connectivity index (χ0n) is 18.5. The Morgan fingerprint density at radius 3 is 1.38 bits per heavy atom. The van der Waals surface area contributed by atoms with Crippen molar-refractivity contribution in [2.24, 2.45) is 0 Å². The van der Waals surface area contributed by atoms with E-state index in [1.54, 1.807) is 48.5 Å². The van der Waals surface area contributed by atoms with Gasteiger partial charge in [-0.15, -0.1) is 0 Å². The van der Waals surface area contributed by atoms with E-state index in [0.29, 0.717) is 48.4 Å². The van der Waals surface area contributed by atoms with Crippen LogP contribution in [0.3, 0.4) is 0 Å². The van der Waals surface area contributed by atoms with Crippen LogP contribution in [0.2, 0.25) is 0 Å². The Balaban J connectivity index is 1.80. The van der Waals surface area contributed by atoms with E-state index in [1.807, 2.05) is 13.8 Å². The van der Waals surface area contributed by atoms with Gasteiger partial charge in [0.05, 0.1) is 22.5 Å². The van der Waals surface area contributed by atoms with Crippen molar-refractivity contribution < 1.29 is 19.2 Å². The fourth-order valence-corrected chi connectivity index (χ4v) is 3.09. The molecule has 2 aromatic rings. The lowest BCUT2D eigenvalue weighted by Gasteiger charge is -2.11. The van der Waals surface area contributed by atoms with Crippen LogP contribution >= 0.6 is 0 Å². The highest BCUT2D eigenvalue weighted by Gasteiger charge is 2.14. The molecule has 0 aliphatic heterocycles. The van der Waals surface area contributed by atoms with Crippen LogP contribution in [0.15, 0.2) is 48.5 Å². The van der Waals surface area contributed by atoms with Gasteiger partial charge in [0.1, 0.15) is 0 Å². The predicted octanol–water partition coefficient (Wildman–Crippen LogP) is 3.32. The second kappa shape index (κ2) is 12.9. The van der Waals surface area contributed by atoms with E-state index in [4.69, 9.17) is 0 Å². The molecule has 8 nitrogen and oxygen atoms in total. The van der Waals surface area contributed by atoms with Gasteiger partial charge in [-0.05, 0) is 51.0 Å². The Hall–Kier alpha value is -3.68. The van der Waals surface area contributed by atoms with Crippen LogP contribution in [-0.4, -0.2) is 36.7 Å². The Bertz CT molecular complexity index is 881. The van der Waals surface area contributed by atoms with Gasteiger partial charge in [0.15, 0.2) is 0 Å². The summed E-state index contributed by atoms with van der Waals surface area (Å²) in [4.78, 5) is 48.8. The highest BCUT2D eigenvalue weighted by Crippen LogP contribution is 2.17. The van der Waals surface area contributed by atoms with Gasteiger partial charge in [-0.25, -0.2) is 0 Å². The number of carbonyl (C=O) groups excluding carboxylic acids is 4. The Morgan fingerprint density at radius 1 is 0.625 bits per heavy atom. The van der Waals surface area contributed by atoms with Gasteiger partial charge in [-0.2, -0.15) is 0 Å². The van der Waals surface area contributed by atoms with Crippen molar-refractivity contribution in [3.63, 3.8) is 0 Å². The third-order valence-corrected chi connectivity index (χ3v) is 4.62. The van der Waals surface area contributed by atoms with Gasteiger partial charge in [0.25, 0.3) is 11.8 Å². The molecule has 0 aliphatic rings. The summed E-state index contributed by atoms with van der Waals surface area (Å²) in [5.74, 6) is -0.923. The summed E-state index contributed by atoms with van der Waals surface area (Å²) in [6.45, 7) is 4.65. The average Bonchev–Trinajstić information content (AvgIpc) is 2.78. The first-order valence-electron chi connectivity index (χ1n) is 10.8. The summed E-state index contributed by atoms with van der Waals surface area (Å²) in [7, 11) is 0. The van der Waals surface area contributed by atoms with Crippen molar-refractivity contribution in [3.8, 4) is 0 Å². The lowest BCUT2D eigenvalue weighted by molar-refractivity contribution is -0.118. The van der Waals surface area contributed by atoms with E-state index in [-0.39, 0.29) is 36.5 Å². The molecule has 2 aromatic carbocycles. The standard InChI is InChI=1S/C24H30N4O4/c1-3-25-23(31)17-11-5-7-13-19(17)27-21(29)15-9-10-16-22(30)28-20-14-8-6-12-18(20)24(32)26-4-2/h5-8,11-14H,3-4,9-10,15-16H2,1-2H3,(H,25,31)(H,26,32)(H,27,29)(H,28,30). The molecule has 2 rings (SSSR count). The summed E-state index contributed by atoms with van der Waals surface area (Å²) >= 11 is 0. The summed E-state index contributed by atoms with van der Waals surface area (Å²) < 4.78 is 0. The molecule has 0 spiro atoms. The molecule has 0 heterocycles. The molecule has 4 N–H and O–H groups in total. The highest BCUT2D eigenvalue weighted by molar-refractivity contribution is 6.04. The van der Waals surface area contributed by atoms with Crippen LogP contribution in [-0.2, 0) is 9.59 Å². The second-order valence-corrected chi connectivity index (χ2v) is 7.11. The predicted molar refractivity (Wildman–Crippen MR) is 125 cm³/mol. The molecule has 170 valence electrons. The van der Waals surface area contributed by atoms with Crippen molar-refractivity contribution in [1.29, 1.82) is 0 Å². The fraction of sp³-hybridized carbons (Fsp3) is 0.333. The molecule has 0 fully saturated rings. The monoisotopic (exact) mass is 438 g/mol. The zero-order valence-corrected chi connectivity index (χ0v) is 18.5. The number of para-hydroxylation sites is 2. The number of rotatable bonds is 11. The molecule has 0 atom stereocenters. The highest BCUT2D eigenvalue weighted by atomic mass is 16.2. The number of unbranched alkanes of at least 4 members (excludes halogenated alkanes) is 1.